The van der Waals surface area contributed by atoms with E-state index in [2.05, 4.69) is 6.07 Å². The van der Waals surface area contributed by atoms with Gasteiger partial charge in [0.25, 0.3) is 5.91 Å². The molecule has 1 N–H and O–H groups in total. The molecule has 0 unspecified atom stereocenters. The standard InChI is InChI=1S/C16H20N4O2/c1-4-5-20(6-7-21)16(22)14(10-17)8-13-9-15(11-18)19(3)12(13)2/h8-9,21H,4-7H2,1-3H3/b14-8+. The molecule has 0 aliphatic rings. The van der Waals surface area contributed by atoms with Gasteiger partial charge in [-0.3, -0.25) is 4.79 Å². The van der Waals surface area contributed by atoms with Crippen LogP contribution in [0.25, 0.3) is 6.08 Å². The first-order valence-electron chi connectivity index (χ1n) is 7.08. The fraction of sp³-hybridized carbons (Fsp3) is 0.438. The zero-order valence-corrected chi connectivity index (χ0v) is 13.1. The molecule has 0 atom stereocenters. The van der Waals surface area contributed by atoms with E-state index in [0.717, 1.165) is 12.1 Å². The van der Waals surface area contributed by atoms with Gasteiger partial charge in [-0.05, 0) is 31.1 Å². The lowest BCUT2D eigenvalue weighted by atomic mass is 10.1. The van der Waals surface area contributed by atoms with E-state index < -0.39 is 5.91 Å². The molecule has 1 aromatic heterocycles. The van der Waals surface area contributed by atoms with Crippen LogP contribution < -0.4 is 0 Å². The summed E-state index contributed by atoms with van der Waals surface area (Å²) >= 11 is 0. The van der Waals surface area contributed by atoms with E-state index in [1.165, 1.54) is 11.0 Å². The van der Waals surface area contributed by atoms with Crippen LogP contribution in [-0.2, 0) is 11.8 Å². The van der Waals surface area contributed by atoms with Crippen LogP contribution in [0.15, 0.2) is 11.6 Å². The van der Waals surface area contributed by atoms with Gasteiger partial charge in [0, 0.05) is 25.8 Å². The number of carbonyl (C=O) groups is 1. The van der Waals surface area contributed by atoms with Crippen molar-refractivity contribution in [2.45, 2.75) is 20.3 Å². The normalized spacial score (nSPS) is 10.9. The summed E-state index contributed by atoms with van der Waals surface area (Å²) in [5, 5.41) is 27.3. The highest BCUT2D eigenvalue weighted by atomic mass is 16.3. The molecule has 1 amide bonds. The molecule has 0 aromatic carbocycles. The summed E-state index contributed by atoms with van der Waals surface area (Å²) in [5.74, 6) is -0.403. The number of aromatic nitrogens is 1. The number of amides is 1. The highest BCUT2D eigenvalue weighted by Gasteiger charge is 2.18. The summed E-state index contributed by atoms with van der Waals surface area (Å²) in [5.41, 5.74) is 1.94. The van der Waals surface area contributed by atoms with Crippen molar-refractivity contribution in [3.05, 3.63) is 28.6 Å². The number of nitriles is 2. The summed E-state index contributed by atoms with van der Waals surface area (Å²) in [4.78, 5) is 13.8. The Morgan fingerprint density at radius 3 is 2.59 bits per heavy atom. The minimum Gasteiger partial charge on any atom is -0.395 e. The van der Waals surface area contributed by atoms with Gasteiger partial charge in [0.05, 0.1) is 6.61 Å². The molecule has 0 aliphatic carbocycles. The van der Waals surface area contributed by atoms with Crippen molar-refractivity contribution < 1.29 is 9.90 Å². The van der Waals surface area contributed by atoms with Crippen LogP contribution in [0.1, 0.15) is 30.3 Å². The van der Waals surface area contributed by atoms with Crippen LogP contribution in [-0.4, -0.2) is 40.2 Å². The highest BCUT2D eigenvalue weighted by Crippen LogP contribution is 2.17. The summed E-state index contributed by atoms with van der Waals surface area (Å²) < 4.78 is 1.71. The van der Waals surface area contributed by atoms with Gasteiger partial charge in [-0.1, -0.05) is 6.92 Å². The average Bonchev–Trinajstić information content (AvgIpc) is 2.79. The average molecular weight is 300 g/mol. The van der Waals surface area contributed by atoms with Crippen molar-refractivity contribution in [3.8, 4) is 12.1 Å². The molecular weight excluding hydrogens is 280 g/mol. The number of hydrogen-bond acceptors (Lipinski definition) is 4. The van der Waals surface area contributed by atoms with Crippen LogP contribution in [0.5, 0.6) is 0 Å². The maximum absolute atomic E-state index is 12.4. The first kappa shape index (κ1) is 17.5. The van der Waals surface area contributed by atoms with Crippen molar-refractivity contribution in [2.75, 3.05) is 19.7 Å². The molecule has 6 nitrogen and oxygen atoms in total. The predicted octanol–water partition coefficient (Wildman–Crippen LogP) is 1.34. The Morgan fingerprint density at radius 2 is 2.14 bits per heavy atom. The van der Waals surface area contributed by atoms with Gasteiger partial charge in [-0.25, -0.2) is 0 Å². The molecule has 22 heavy (non-hydrogen) atoms. The third-order valence-corrected chi connectivity index (χ3v) is 3.49. The number of rotatable bonds is 6. The molecule has 0 saturated heterocycles. The third kappa shape index (κ3) is 3.75. The Hall–Kier alpha value is -2.57. The Labute approximate surface area is 130 Å². The Kier molecular flexibility index (Phi) is 6.37. The first-order chi connectivity index (χ1) is 10.5. The maximum atomic E-state index is 12.4. The van der Waals surface area contributed by atoms with Gasteiger partial charge in [-0.15, -0.1) is 0 Å². The van der Waals surface area contributed by atoms with Crippen LogP contribution in [0, 0.1) is 29.6 Å². The SMILES string of the molecule is CCCN(CCO)C(=O)/C(C#N)=C/c1cc(C#N)n(C)c1C. The van der Waals surface area contributed by atoms with Crippen LogP contribution in [0.3, 0.4) is 0 Å². The van der Waals surface area contributed by atoms with E-state index in [9.17, 15) is 10.1 Å². The highest BCUT2D eigenvalue weighted by molar-refractivity contribution is 6.01. The fourth-order valence-electron chi connectivity index (χ4n) is 2.15. The van der Waals surface area contributed by atoms with E-state index >= 15 is 0 Å². The topological polar surface area (TPSA) is 93.1 Å². The minimum absolute atomic E-state index is 0.0000831. The molecule has 116 valence electrons. The molecule has 0 radical (unpaired) electrons. The minimum atomic E-state index is -0.403. The Bertz CT molecular complexity index is 653. The number of carbonyl (C=O) groups excluding carboxylic acids is 1. The number of aliphatic hydroxyl groups excluding tert-OH is 1. The molecule has 1 aromatic rings. The third-order valence-electron chi connectivity index (χ3n) is 3.49. The van der Waals surface area contributed by atoms with Crippen molar-refractivity contribution in [1.82, 2.24) is 9.47 Å². The molecule has 1 rings (SSSR count). The molecule has 0 bridgehead atoms. The lowest BCUT2D eigenvalue weighted by Crippen LogP contribution is -2.35. The number of aliphatic hydroxyl groups is 1. The monoisotopic (exact) mass is 300 g/mol. The summed E-state index contributed by atoms with van der Waals surface area (Å²) in [7, 11) is 1.76. The van der Waals surface area contributed by atoms with Crippen LogP contribution in [0.4, 0.5) is 0 Å². The lowest BCUT2D eigenvalue weighted by molar-refractivity contribution is -0.127. The summed E-state index contributed by atoms with van der Waals surface area (Å²) in [6, 6.07) is 5.63. The molecule has 6 heteroatoms. The Balaban J connectivity index is 3.18. The van der Waals surface area contributed by atoms with Gasteiger partial charge in [0.15, 0.2) is 0 Å². The van der Waals surface area contributed by atoms with Gasteiger partial charge < -0.3 is 14.6 Å². The second-order valence-electron chi connectivity index (χ2n) is 4.93. The molecule has 0 saturated carbocycles. The zero-order chi connectivity index (χ0) is 16.7. The van der Waals surface area contributed by atoms with Crippen molar-refractivity contribution in [1.29, 1.82) is 10.5 Å². The van der Waals surface area contributed by atoms with Crippen molar-refractivity contribution in [3.63, 3.8) is 0 Å². The summed E-state index contributed by atoms with van der Waals surface area (Å²) in [6.07, 6.45) is 2.24. The molecule has 0 fully saturated rings. The second-order valence-corrected chi connectivity index (χ2v) is 4.93. The smallest absolute Gasteiger partial charge is 0.264 e. The first-order valence-corrected chi connectivity index (χ1v) is 7.08. The van der Waals surface area contributed by atoms with Crippen LogP contribution >= 0.6 is 0 Å². The predicted molar refractivity (Wildman–Crippen MR) is 82.4 cm³/mol. The quantitative estimate of drug-likeness (QED) is 0.634. The van der Waals surface area contributed by atoms with Gasteiger partial charge >= 0.3 is 0 Å². The van der Waals surface area contributed by atoms with E-state index in [0.29, 0.717) is 17.8 Å². The molecular formula is C16H20N4O2. The van der Waals surface area contributed by atoms with Crippen molar-refractivity contribution >= 4 is 12.0 Å². The fourth-order valence-corrected chi connectivity index (χ4v) is 2.15. The van der Waals surface area contributed by atoms with Crippen LogP contribution in [0.2, 0.25) is 0 Å². The number of nitrogens with zero attached hydrogens (tertiary/aromatic N) is 4. The number of hydrogen-bond donors (Lipinski definition) is 1. The lowest BCUT2D eigenvalue weighted by Gasteiger charge is -2.20. The largest absolute Gasteiger partial charge is 0.395 e. The second kappa shape index (κ2) is 8.02. The molecule has 0 aliphatic heterocycles. The summed E-state index contributed by atoms with van der Waals surface area (Å²) in [6.45, 7) is 4.28. The van der Waals surface area contributed by atoms with Gasteiger partial charge in [0.2, 0.25) is 0 Å². The molecule has 0 spiro atoms. The van der Waals surface area contributed by atoms with Gasteiger partial charge in [0.1, 0.15) is 23.4 Å². The molecule has 1 heterocycles. The van der Waals surface area contributed by atoms with Crippen molar-refractivity contribution in [2.24, 2.45) is 7.05 Å². The van der Waals surface area contributed by atoms with E-state index in [-0.39, 0.29) is 18.7 Å². The maximum Gasteiger partial charge on any atom is 0.264 e. The van der Waals surface area contributed by atoms with E-state index in [1.807, 2.05) is 19.9 Å². The Morgan fingerprint density at radius 1 is 1.45 bits per heavy atom. The van der Waals surface area contributed by atoms with E-state index in [4.69, 9.17) is 10.4 Å². The zero-order valence-electron chi connectivity index (χ0n) is 13.1. The van der Waals surface area contributed by atoms with Gasteiger partial charge in [-0.2, -0.15) is 10.5 Å². The van der Waals surface area contributed by atoms with E-state index in [1.54, 1.807) is 17.7 Å².